The van der Waals surface area contributed by atoms with Crippen LogP contribution in [0.3, 0.4) is 0 Å². The molecule has 8 nitrogen and oxygen atoms in total. The number of rotatable bonds is 11. The van der Waals surface area contributed by atoms with Crippen molar-refractivity contribution in [2.24, 2.45) is 0 Å². The predicted octanol–water partition coefficient (Wildman–Crippen LogP) is 5.55. The fourth-order valence-electron chi connectivity index (χ4n) is 4.97. The summed E-state index contributed by atoms with van der Waals surface area (Å²) in [4.78, 5) is 28.7. The Labute approximate surface area is 251 Å². The zero-order chi connectivity index (χ0) is 30.3. The molecule has 1 aliphatic rings. The number of amides is 2. The first-order chi connectivity index (χ1) is 20.1. The molecule has 1 atom stereocenters. The molecule has 0 aromatic heterocycles. The second-order valence-electron chi connectivity index (χ2n) is 10.3. The molecule has 0 heterocycles. The fraction of sp³-hybridized carbons (Fsp3) is 0.355. The van der Waals surface area contributed by atoms with Crippen molar-refractivity contribution in [1.29, 1.82) is 0 Å². The van der Waals surface area contributed by atoms with E-state index in [0.717, 1.165) is 48.5 Å². The van der Waals surface area contributed by atoms with Gasteiger partial charge in [-0.1, -0.05) is 49.1 Å². The van der Waals surface area contributed by atoms with E-state index < -0.39 is 34.3 Å². The highest BCUT2D eigenvalue weighted by Crippen LogP contribution is 2.27. The normalized spacial score (nSPS) is 14.6. The highest BCUT2D eigenvalue weighted by atomic mass is 35.5. The van der Waals surface area contributed by atoms with Gasteiger partial charge in [-0.2, -0.15) is 0 Å². The summed E-state index contributed by atoms with van der Waals surface area (Å²) in [6.07, 6.45) is 4.92. The Hall–Kier alpha value is -3.63. The minimum absolute atomic E-state index is 0.0163. The molecule has 42 heavy (non-hydrogen) atoms. The number of sulfonamides is 1. The fourth-order valence-corrected chi connectivity index (χ4v) is 6.58. The third-order valence-corrected chi connectivity index (χ3v) is 9.62. The molecule has 2 amide bonds. The SMILES string of the molecule is COc1ccc(S(=O)(=O)N(CC(=O)N(Cc2ccccc2Cl)C(C)C(=O)NC2CCCCC2)c2ccc(F)cc2)cc1. The smallest absolute Gasteiger partial charge is 0.264 e. The van der Waals surface area contributed by atoms with E-state index in [9.17, 15) is 22.4 Å². The van der Waals surface area contributed by atoms with Crippen molar-refractivity contribution in [2.75, 3.05) is 18.0 Å². The van der Waals surface area contributed by atoms with Crippen LogP contribution in [0.5, 0.6) is 5.75 Å². The molecule has 1 saturated carbocycles. The summed E-state index contributed by atoms with van der Waals surface area (Å²) in [6, 6.07) is 16.6. The molecule has 1 unspecified atom stereocenters. The number of benzene rings is 3. The molecule has 224 valence electrons. The first-order valence-electron chi connectivity index (χ1n) is 13.9. The van der Waals surface area contributed by atoms with E-state index in [1.165, 1.54) is 48.4 Å². The van der Waals surface area contributed by atoms with Crippen LogP contribution in [0.25, 0.3) is 0 Å². The average molecular weight is 616 g/mol. The Kier molecular flexibility index (Phi) is 10.5. The molecule has 4 rings (SSSR count). The molecular formula is C31H35ClFN3O5S. The lowest BCUT2D eigenvalue weighted by molar-refractivity contribution is -0.139. The van der Waals surface area contributed by atoms with E-state index in [1.807, 2.05) is 0 Å². The second-order valence-corrected chi connectivity index (χ2v) is 12.6. The van der Waals surface area contributed by atoms with E-state index >= 15 is 0 Å². The number of hydrogen-bond donors (Lipinski definition) is 1. The van der Waals surface area contributed by atoms with Crippen molar-refractivity contribution in [2.45, 2.75) is 62.6 Å². The van der Waals surface area contributed by atoms with Gasteiger partial charge in [0, 0.05) is 17.6 Å². The number of carbonyl (C=O) groups excluding carboxylic acids is 2. The summed E-state index contributed by atoms with van der Waals surface area (Å²) in [7, 11) is -2.82. The summed E-state index contributed by atoms with van der Waals surface area (Å²) in [5, 5.41) is 3.47. The van der Waals surface area contributed by atoms with Crippen molar-refractivity contribution in [3.63, 3.8) is 0 Å². The summed E-state index contributed by atoms with van der Waals surface area (Å²) in [6.45, 7) is 0.968. The molecule has 1 aliphatic carbocycles. The number of ether oxygens (including phenoxy) is 1. The zero-order valence-corrected chi connectivity index (χ0v) is 25.2. The van der Waals surface area contributed by atoms with Crippen LogP contribution >= 0.6 is 11.6 Å². The standard InChI is InChI=1S/C31H35ClFN3O5S/c1-22(31(38)34-25-9-4-3-5-10-25)35(20-23-8-6-7-11-29(23)32)30(37)21-36(26-14-12-24(33)13-15-26)42(39,40)28-18-16-27(41-2)17-19-28/h6-8,11-19,22,25H,3-5,9-10,20-21H2,1-2H3,(H,34,38). The number of nitrogens with one attached hydrogen (secondary N) is 1. The van der Waals surface area contributed by atoms with E-state index in [4.69, 9.17) is 16.3 Å². The Morgan fingerprint density at radius 3 is 2.26 bits per heavy atom. The lowest BCUT2D eigenvalue weighted by Crippen LogP contribution is -2.53. The molecular weight excluding hydrogens is 581 g/mol. The van der Waals surface area contributed by atoms with Crippen LogP contribution in [-0.2, 0) is 26.2 Å². The Bertz CT molecular complexity index is 1480. The predicted molar refractivity (Wildman–Crippen MR) is 160 cm³/mol. The third-order valence-electron chi connectivity index (χ3n) is 7.46. The van der Waals surface area contributed by atoms with Gasteiger partial charge in [-0.3, -0.25) is 13.9 Å². The van der Waals surface area contributed by atoms with Crippen molar-refractivity contribution < 1.29 is 27.1 Å². The number of methoxy groups -OCH3 is 1. The number of carbonyl (C=O) groups is 2. The van der Waals surface area contributed by atoms with Crippen molar-refractivity contribution in [1.82, 2.24) is 10.2 Å². The van der Waals surface area contributed by atoms with Gasteiger partial charge in [0.2, 0.25) is 11.8 Å². The molecule has 0 saturated heterocycles. The van der Waals surface area contributed by atoms with Gasteiger partial charge in [0.15, 0.2) is 0 Å². The summed E-state index contributed by atoms with van der Waals surface area (Å²) in [5.74, 6) is -1.04. The van der Waals surface area contributed by atoms with Crippen LogP contribution in [0.1, 0.15) is 44.6 Å². The first-order valence-corrected chi connectivity index (χ1v) is 15.7. The van der Waals surface area contributed by atoms with Crippen molar-refractivity contribution in [3.05, 3.63) is 89.2 Å². The highest BCUT2D eigenvalue weighted by molar-refractivity contribution is 7.92. The zero-order valence-electron chi connectivity index (χ0n) is 23.6. The van der Waals surface area contributed by atoms with Crippen LogP contribution in [-0.4, -0.2) is 50.9 Å². The molecule has 11 heteroatoms. The quantitative estimate of drug-likeness (QED) is 0.305. The topological polar surface area (TPSA) is 96.0 Å². The van der Waals surface area contributed by atoms with Gasteiger partial charge in [-0.25, -0.2) is 12.8 Å². The molecule has 3 aromatic rings. The van der Waals surface area contributed by atoms with E-state index in [2.05, 4.69) is 5.32 Å². The van der Waals surface area contributed by atoms with Gasteiger partial charge in [0.05, 0.1) is 17.7 Å². The summed E-state index contributed by atoms with van der Waals surface area (Å²) in [5.41, 5.74) is 0.703. The lowest BCUT2D eigenvalue weighted by Gasteiger charge is -2.33. The Morgan fingerprint density at radius 2 is 1.64 bits per heavy atom. The Morgan fingerprint density at radius 1 is 1.00 bits per heavy atom. The largest absolute Gasteiger partial charge is 0.497 e. The van der Waals surface area contributed by atoms with Gasteiger partial charge >= 0.3 is 0 Å². The highest BCUT2D eigenvalue weighted by Gasteiger charge is 2.33. The maximum absolute atomic E-state index is 14.0. The molecule has 0 spiro atoms. The average Bonchev–Trinajstić information content (AvgIpc) is 3.00. The minimum atomic E-state index is -4.29. The molecule has 1 N–H and O–H groups in total. The monoisotopic (exact) mass is 615 g/mol. The maximum atomic E-state index is 14.0. The number of halogens is 2. The summed E-state index contributed by atoms with van der Waals surface area (Å²) >= 11 is 6.42. The molecule has 0 bridgehead atoms. The minimum Gasteiger partial charge on any atom is -0.497 e. The molecule has 3 aromatic carbocycles. The number of nitrogens with zero attached hydrogens (tertiary/aromatic N) is 2. The van der Waals surface area contributed by atoms with Gasteiger partial charge in [-0.05, 0) is 79.9 Å². The molecule has 0 aliphatic heterocycles. The van der Waals surface area contributed by atoms with E-state index in [-0.39, 0.29) is 29.1 Å². The van der Waals surface area contributed by atoms with Crippen LogP contribution in [0.2, 0.25) is 5.02 Å². The van der Waals surface area contributed by atoms with Crippen LogP contribution in [0.15, 0.2) is 77.7 Å². The van der Waals surface area contributed by atoms with Crippen LogP contribution in [0, 0.1) is 5.82 Å². The third kappa shape index (κ3) is 7.60. The van der Waals surface area contributed by atoms with Crippen LogP contribution in [0.4, 0.5) is 10.1 Å². The second kappa shape index (κ2) is 14.0. The first kappa shape index (κ1) is 31.3. The number of hydrogen-bond acceptors (Lipinski definition) is 5. The lowest BCUT2D eigenvalue weighted by atomic mass is 9.95. The number of anilines is 1. The Balaban J connectivity index is 1.68. The van der Waals surface area contributed by atoms with Gasteiger partial charge in [-0.15, -0.1) is 0 Å². The van der Waals surface area contributed by atoms with Crippen molar-refractivity contribution >= 4 is 39.1 Å². The van der Waals surface area contributed by atoms with Crippen LogP contribution < -0.4 is 14.4 Å². The molecule has 1 fully saturated rings. The summed E-state index contributed by atoms with van der Waals surface area (Å²) < 4.78 is 47.6. The van der Waals surface area contributed by atoms with Gasteiger partial charge < -0.3 is 15.0 Å². The molecule has 0 radical (unpaired) electrons. The van der Waals surface area contributed by atoms with Gasteiger partial charge in [0.1, 0.15) is 24.2 Å². The van der Waals surface area contributed by atoms with E-state index in [0.29, 0.717) is 16.3 Å². The van der Waals surface area contributed by atoms with Crippen molar-refractivity contribution in [3.8, 4) is 5.75 Å². The van der Waals surface area contributed by atoms with E-state index in [1.54, 1.807) is 31.2 Å². The van der Waals surface area contributed by atoms with Gasteiger partial charge in [0.25, 0.3) is 10.0 Å². The maximum Gasteiger partial charge on any atom is 0.264 e.